The molecule has 2 rings (SSSR count). The largest absolute Gasteiger partial charge is 0.311 e. The second-order valence-corrected chi connectivity index (χ2v) is 5.80. The fourth-order valence-electron chi connectivity index (χ4n) is 3.05. The highest BCUT2D eigenvalue weighted by Gasteiger charge is 2.39. The van der Waals surface area contributed by atoms with Gasteiger partial charge in [-0.15, -0.1) is 0 Å². The van der Waals surface area contributed by atoms with Crippen molar-refractivity contribution < 1.29 is 8.78 Å². The SMILES string of the molecule is CCCC1CN(CC(F)F)C(C)(c2ccccc2)CN1. The van der Waals surface area contributed by atoms with Gasteiger partial charge in [0.1, 0.15) is 0 Å². The number of benzene rings is 1. The summed E-state index contributed by atoms with van der Waals surface area (Å²) < 4.78 is 25.9. The van der Waals surface area contributed by atoms with Crippen LogP contribution in [-0.4, -0.2) is 37.0 Å². The van der Waals surface area contributed by atoms with Crippen LogP contribution in [0.2, 0.25) is 0 Å². The van der Waals surface area contributed by atoms with Gasteiger partial charge in [0.2, 0.25) is 0 Å². The Hall–Kier alpha value is -1.00. The average Bonchev–Trinajstić information content (AvgIpc) is 2.43. The molecule has 0 spiro atoms. The normalized spacial score (nSPS) is 27.9. The quantitative estimate of drug-likeness (QED) is 0.892. The third-order valence-corrected chi connectivity index (χ3v) is 4.26. The minimum atomic E-state index is -2.29. The Labute approximate surface area is 120 Å². The first-order chi connectivity index (χ1) is 9.56. The molecule has 0 aliphatic carbocycles. The molecule has 112 valence electrons. The van der Waals surface area contributed by atoms with E-state index in [2.05, 4.69) is 19.2 Å². The van der Waals surface area contributed by atoms with Gasteiger partial charge in [-0.2, -0.15) is 0 Å². The highest BCUT2D eigenvalue weighted by molar-refractivity contribution is 5.25. The number of nitrogens with zero attached hydrogens (tertiary/aromatic N) is 1. The zero-order valence-corrected chi connectivity index (χ0v) is 12.3. The van der Waals surface area contributed by atoms with E-state index in [-0.39, 0.29) is 12.1 Å². The fraction of sp³-hybridized carbons (Fsp3) is 0.625. The third kappa shape index (κ3) is 3.36. The van der Waals surface area contributed by atoms with Gasteiger partial charge in [0, 0.05) is 19.1 Å². The van der Waals surface area contributed by atoms with Gasteiger partial charge in [-0.25, -0.2) is 8.78 Å². The van der Waals surface area contributed by atoms with Crippen LogP contribution < -0.4 is 5.32 Å². The summed E-state index contributed by atoms with van der Waals surface area (Å²) >= 11 is 0. The lowest BCUT2D eigenvalue weighted by atomic mass is 9.86. The van der Waals surface area contributed by atoms with E-state index in [9.17, 15) is 8.78 Å². The van der Waals surface area contributed by atoms with Crippen molar-refractivity contribution in [3.63, 3.8) is 0 Å². The maximum atomic E-state index is 12.9. The predicted octanol–water partition coefficient (Wildman–Crippen LogP) is 3.24. The van der Waals surface area contributed by atoms with Crippen molar-refractivity contribution >= 4 is 0 Å². The maximum absolute atomic E-state index is 12.9. The van der Waals surface area contributed by atoms with E-state index < -0.39 is 6.43 Å². The van der Waals surface area contributed by atoms with Crippen LogP contribution in [0.15, 0.2) is 30.3 Å². The molecule has 2 atom stereocenters. The summed E-state index contributed by atoms with van der Waals surface area (Å²) in [6.45, 7) is 5.43. The van der Waals surface area contributed by atoms with Gasteiger partial charge in [-0.1, -0.05) is 43.7 Å². The third-order valence-electron chi connectivity index (χ3n) is 4.26. The summed E-state index contributed by atoms with van der Waals surface area (Å²) in [5.41, 5.74) is 0.741. The molecule has 0 aromatic heterocycles. The molecule has 2 unspecified atom stereocenters. The van der Waals surface area contributed by atoms with Crippen molar-refractivity contribution in [1.82, 2.24) is 10.2 Å². The zero-order valence-electron chi connectivity index (χ0n) is 12.3. The van der Waals surface area contributed by atoms with Crippen LogP contribution in [0, 0.1) is 0 Å². The van der Waals surface area contributed by atoms with E-state index in [0.717, 1.165) is 18.4 Å². The lowest BCUT2D eigenvalue weighted by molar-refractivity contribution is -0.00521. The van der Waals surface area contributed by atoms with Crippen molar-refractivity contribution in [3.8, 4) is 0 Å². The molecule has 1 aromatic rings. The predicted molar refractivity (Wildman–Crippen MR) is 78.1 cm³/mol. The second kappa shape index (κ2) is 6.64. The number of piperazine rings is 1. The Morgan fingerprint density at radius 3 is 2.65 bits per heavy atom. The number of rotatable bonds is 5. The Morgan fingerprint density at radius 1 is 1.35 bits per heavy atom. The van der Waals surface area contributed by atoms with Crippen LogP contribution in [0.25, 0.3) is 0 Å². The van der Waals surface area contributed by atoms with E-state index in [0.29, 0.717) is 19.1 Å². The Bertz CT molecular complexity index is 410. The van der Waals surface area contributed by atoms with Gasteiger partial charge in [0.05, 0.1) is 12.1 Å². The number of alkyl halides is 2. The summed E-state index contributed by atoms with van der Waals surface area (Å²) in [6.07, 6.45) is -0.189. The summed E-state index contributed by atoms with van der Waals surface area (Å²) in [7, 11) is 0. The van der Waals surface area contributed by atoms with Gasteiger partial charge in [-0.05, 0) is 18.9 Å². The van der Waals surface area contributed by atoms with Gasteiger partial charge in [0.25, 0.3) is 6.43 Å². The molecule has 0 radical (unpaired) electrons. The topological polar surface area (TPSA) is 15.3 Å². The van der Waals surface area contributed by atoms with Gasteiger partial charge in [0.15, 0.2) is 0 Å². The number of nitrogens with one attached hydrogen (secondary N) is 1. The first-order valence-electron chi connectivity index (χ1n) is 7.38. The molecular formula is C16H24F2N2. The molecule has 0 bridgehead atoms. The van der Waals surface area contributed by atoms with E-state index in [1.165, 1.54) is 0 Å². The van der Waals surface area contributed by atoms with Crippen LogP contribution >= 0.6 is 0 Å². The zero-order chi connectivity index (χ0) is 14.6. The van der Waals surface area contributed by atoms with Crippen LogP contribution in [0.4, 0.5) is 8.78 Å². The molecule has 0 saturated carbocycles. The van der Waals surface area contributed by atoms with E-state index >= 15 is 0 Å². The van der Waals surface area contributed by atoms with Gasteiger partial charge < -0.3 is 5.32 Å². The highest BCUT2D eigenvalue weighted by Crippen LogP contribution is 2.31. The first kappa shape index (κ1) is 15.4. The molecule has 1 fully saturated rings. The molecule has 0 amide bonds. The Balaban J connectivity index is 2.21. The van der Waals surface area contributed by atoms with Crippen LogP contribution in [0.5, 0.6) is 0 Å². The van der Waals surface area contributed by atoms with Gasteiger partial charge >= 0.3 is 0 Å². The average molecular weight is 282 g/mol. The summed E-state index contributed by atoms with van der Waals surface area (Å²) in [6, 6.07) is 10.3. The van der Waals surface area contributed by atoms with Crippen molar-refractivity contribution in [2.75, 3.05) is 19.6 Å². The van der Waals surface area contributed by atoms with Crippen molar-refractivity contribution in [2.45, 2.75) is 44.7 Å². The van der Waals surface area contributed by atoms with E-state index in [1.807, 2.05) is 35.2 Å². The van der Waals surface area contributed by atoms with Gasteiger partial charge in [-0.3, -0.25) is 4.90 Å². The summed E-state index contributed by atoms with van der Waals surface area (Å²) in [5, 5.41) is 3.53. The fourth-order valence-corrected chi connectivity index (χ4v) is 3.05. The smallest absolute Gasteiger partial charge is 0.251 e. The van der Waals surface area contributed by atoms with Crippen LogP contribution in [-0.2, 0) is 5.54 Å². The Morgan fingerprint density at radius 2 is 2.05 bits per heavy atom. The highest BCUT2D eigenvalue weighted by atomic mass is 19.3. The monoisotopic (exact) mass is 282 g/mol. The molecule has 4 heteroatoms. The van der Waals surface area contributed by atoms with Crippen molar-refractivity contribution in [1.29, 1.82) is 0 Å². The number of hydrogen-bond acceptors (Lipinski definition) is 2. The lowest BCUT2D eigenvalue weighted by Gasteiger charge is -2.48. The second-order valence-electron chi connectivity index (χ2n) is 5.80. The molecule has 1 N–H and O–H groups in total. The molecule has 1 heterocycles. The molecular weight excluding hydrogens is 258 g/mol. The molecule has 1 aliphatic heterocycles. The first-order valence-corrected chi connectivity index (χ1v) is 7.38. The van der Waals surface area contributed by atoms with E-state index in [1.54, 1.807) is 0 Å². The molecule has 1 aromatic carbocycles. The van der Waals surface area contributed by atoms with E-state index in [4.69, 9.17) is 0 Å². The van der Waals surface area contributed by atoms with Crippen molar-refractivity contribution in [3.05, 3.63) is 35.9 Å². The van der Waals surface area contributed by atoms with Crippen molar-refractivity contribution in [2.24, 2.45) is 0 Å². The standard InChI is InChI=1S/C16H24F2N2/c1-3-7-14-10-20(11-15(17)18)16(2,12-19-14)13-8-5-4-6-9-13/h4-6,8-9,14-15,19H,3,7,10-12H2,1-2H3. The maximum Gasteiger partial charge on any atom is 0.251 e. The molecule has 1 saturated heterocycles. The minimum Gasteiger partial charge on any atom is -0.311 e. The molecule has 20 heavy (non-hydrogen) atoms. The number of halogens is 2. The molecule has 2 nitrogen and oxygen atoms in total. The van der Waals surface area contributed by atoms with Crippen LogP contribution in [0.3, 0.4) is 0 Å². The minimum absolute atomic E-state index is 0.159. The molecule has 1 aliphatic rings. The summed E-state index contributed by atoms with van der Waals surface area (Å²) in [5.74, 6) is 0. The Kier molecular flexibility index (Phi) is 5.11. The summed E-state index contributed by atoms with van der Waals surface area (Å²) in [4.78, 5) is 1.95. The number of hydrogen-bond donors (Lipinski definition) is 1. The van der Waals surface area contributed by atoms with Crippen LogP contribution in [0.1, 0.15) is 32.3 Å². The lowest BCUT2D eigenvalue weighted by Crippen LogP contribution is -2.62.